The summed E-state index contributed by atoms with van der Waals surface area (Å²) < 4.78 is 14.2. The van der Waals surface area contributed by atoms with Crippen LogP contribution in [0.5, 0.6) is 0 Å². The van der Waals surface area contributed by atoms with Crippen LogP contribution in [0.15, 0.2) is 59.3 Å². The van der Waals surface area contributed by atoms with E-state index in [0.29, 0.717) is 11.6 Å². The van der Waals surface area contributed by atoms with Gasteiger partial charge in [0, 0.05) is 49.1 Å². The molecule has 4 heterocycles. The highest BCUT2D eigenvalue weighted by Crippen LogP contribution is 2.31. The van der Waals surface area contributed by atoms with Crippen molar-refractivity contribution in [1.82, 2.24) is 19.4 Å². The van der Waals surface area contributed by atoms with Gasteiger partial charge < -0.3 is 9.26 Å². The molecule has 1 aliphatic rings. The molecule has 41 heavy (non-hydrogen) atoms. The van der Waals surface area contributed by atoms with E-state index in [2.05, 4.69) is 44.2 Å². The summed E-state index contributed by atoms with van der Waals surface area (Å²) in [5, 5.41) is 6.78. The van der Waals surface area contributed by atoms with Crippen LogP contribution in [0.1, 0.15) is 38.5 Å². The SMILES string of the molecule is CN(C(=O)Nc1cc(C(C)(C)C)on1)c1ccc(-c2cn3c(n2)sc2cc(CCCN4CCOCC4)ccc23)cc1. The summed E-state index contributed by atoms with van der Waals surface area (Å²) in [6, 6.07) is 16.1. The number of anilines is 2. The van der Waals surface area contributed by atoms with Gasteiger partial charge >= 0.3 is 6.03 Å². The number of urea groups is 1. The fourth-order valence-corrected chi connectivity index (χ4v) is 6.10. The number of hydrogen-bond acceptors (Lipinski definition) is 7. The zero-order valence-corrected chi connectivity index (χ0v) is 24.8. The van der Waals surface area contributed by atoms with Crippen molar-refractivity contribution in [2.75, 3.05) is 50.1 Å². The standard InChI is InChI=1S/C31H36N6O3S/c1-31(2,3)27-19-28(34-40-27)33-29(38)35(4)23-10-8-22(9-11-23)24-20-37-25-12-7-21(18-26(25)41-30(37)32-24)6-5-13-36-14-16-39-17-15-36/h7-12,18-20H,5-6,13-17H2,1-4H3,(H,33,34,38). The molecule has 214 valence electrons. The third-order valence-corrected chi connectivity index (χ3v) is 8.56. The molecule has 2 aromatic carbocycles. The van der Waals surface area contributed by atoms with Gasteiger partial charge in [0.25, 0.3) is 0 Å². The molecule has 6 rings (SSSR count). The van der Waals surface area contributed by atoms with E-state index in [4.69, 9.17) is 14.2 Å². The number of carbonyl (C=O) groups is 1. The average molecular weight is 573 g/mol. The second kappa shape index (κ2) is 11.3. The van der Waals surface area contributed by atoms with Crippen LogP contribution in [0.3, 0.4) is 0 Å². The highest BCUT2D eigenvalue weighted by molar-refractivity contribution is 7.23. The zero-order chi connectivity index (χ0) is 28.6. The van der Waals surface area contributed by atoms with Crippen molar-refractivity contribution in [2.24, 2.45) is 0 Å². The maximum Gasteiger partial charge on any atom is 0.327 e. The molecule has 1 aliphatic heterocycles. The summed E-state index contributed by atoms with van der Waals surface area (Å²) in [6.07, 6.45) is 4.33. The number of aryl methyl sites for hydroxylation is 1. The number of hydrogen-bond donors (Lipinski definition) is 1. The Hall–Kier alpha value is -3.73. The number of benzene rings is 2. The minimum Gasteiger partial charge on any atom is -0.379 e. The van der Waals surface area contributed by atoms with Gasteiger partial charge in [0.05, 0.1) is 29.1 Å². The number of nitrogens with zero attached hydrogens (tertiary/aromatic N) is 5. The second-order valence-corrected chi connectivity index (χ2v) is 12.6. The maximum atomic E-state index is 12.8. The number of fused-ring (bicyclic) bond motifs is 3. The Bertz CT molecular complexity index is 1660. The molecule has 1 fully saturated rings. The highest BCUT2D eigenvalue weighted by Gasteiger charge is 2.21. The van der Waals surface area contributed by atoms with Crippen LogP contribution in [-0.2, 0) is 16.6 Å². The van der Waals surface area contributed by atoms with Crippen molar-refractivity contribution >= 4 is 44.1 Å². The van der Waals surface area contributed by atoms with E-state index in [-0.39, 0.29) is 11.4 Å². The number of nitrogens with one attached hydrogen (secondary N) is 1. The van der Waals surface area contributed by atoms with E-state index in [1.54, 1.807) is 29.4 Å². The smallest absolute Gasteiger partial charge is 0.327 e. The van der Waals surface area contributed by atoms with E-state index in [1.807, 2.05) is 45.0 Å². The van der Waals surface area contributed by atoms with Gasteiger partial charge in [-0.3, -0.25) is 19.5 Å². The Morgan fingerprint density at radius 3 is 2.61 bits per heavy atom. The van der Waals surface area contributed by atoms with Gasteiger partial charge in [0.2, 0.25) is 0 Å². The molecular formula is C31H36N6O3S. The quantitative estimate of drug-likeness (QED) is 0.242. The number of aromatic nitrogens is 3. The summed E-state index contributed by atoms with van der Waals surface area (Å²) in [6.45, 7) is 11.0. The number of carbonyl (C=O) groups excluding carboxylic acids is 1. The Balaban J connectivity index is 1.10. The van der Waals surface area contributed by atoms with Crippen molar-refractivity contribution in [3.05, 3.63) is 66.1 Å². The lowest BCUT2D eigenvalue weighted by Crippen LogP contribution is -2.36. The molecule has 0 aliphatic carbocycles. The van der Waals surface area contributed by atoms with Crippen molar-refractivity contribution in [3.63, 3.8) is 0 Å². The van der Waals surface area contributed by atoms with E-state index >= 15 is 0 Å². The van der Waals surface area contributed by atoms with Crippen LogP contribution in [0, 0.1) is 0 Å². The third kappa shape index (κ3) is 6.00. The minimum atomic E-state index is -0.291. The number of imidazole rings is 1. The molecule has 0 unspecified atom stereocenters. The molecule has 0 spiro atoms. The average Bonchev–Trinajstić information content (AvgIpc) is 3.68. The zero-order valence-electron chi connectivity index (χ0n) is 24.0. The number of ether oxygens (including phenoxy) is 1. The van der Waals surface area contributed by atoms with E-state index in [0.717, 1.165) is 67.6 Å². The first kappa shape index (κ1) is 27.4. The monoisotopic (exact) mass is 572 g/mol. The number of amides is 2. The molecule has 3 aromatic heterocycles. The van der Waals surface area contributed by atoms with Crippen LogP contribution in [0.25, 0.3) is 26.4 Å². The molecule has 0 bridgehead atoms. The van der Waals surface area contributed by atoms with Crippen LogP contribution in [-0.4, -0.2) is 65.4 Å². The summed E-state index contributed by atoms with van der Waals surface area (Å²) in [5.41, 5.74) is 5.03. The number of thiazole rings is 1. The minimum absolute atomic E-state index is 0.183. The largest absolute Gasteiger partial charge is 0.379 e. The molecule has 1 N–H and O–H groups in total. The van der Waals surface area contributed by atoms with Gasteiger partial charge in [-0.2, -0.15) is 0 Å². The molecule has 1 saturated heterocycles. The van der Waals surface area contributed by atoms with Gasteiger partial charge in [0.1, 0.15) is 5.76 Å². The Kier molecular flexibility index (Phi) is 7.54. The van der Waals surface area contributed by atoms with Crippen molar-refractivity contribution < 1.29 is 14.1 Å². The van der Waals surface area contributed by atoms with Crippen molar-refractivity contribution in [2.45, 2.75) is 39.0 Å². The molecule has 5 aromatic rings. The summed E-state index contributed by atoms with van der Waals surface area (Å²) in [5.74, 6) is 1.11. The molecular weight excluding hydrogens is 536 g/mol. The Labute approximate surface area is 243 Å². The van der Waals surface area contributed by atoms with Crippen molar-refractivity contribution in [1.29, 1.82) is 0 Å². The van der Waals surface area contributed by atoms with Gasteiger partial charge in [-0.05, 0) is 49.2 Å². The summed E-state index contributed by atoms with van der Waals surface area (Å²) >= 11 is 1.72. The van der Waals surface area contributed by atoms with E-state index in [9.17, 15) is 4.79 Å². The first-order chi connectivity index (χ1) is 19.7. The predicted octanol–water partition coefficient (Wildman–Crippen LogP) is 6.43. The van der Waals surface area contributed by atoms with Gasteiger partial charge in [-0.15, -0.1) is 0 Å². The molecule has 0 saturated carbocycles. The lowest BCUT2D eigenvalue weighted by Gasteiger charge is -2.26. The third-order valence-electron chi connectivity index (χ3n) is 7.54. The van der Waals surface area contributed by atoms with Crippen LogP contribution >= 0.6 is 11.3 Å². The molecule has 2 amide bonds. The van der Waals surface area contributed by atoms with Crippen LogP contribution in [0.4, 0.5) is 16.3 Å². The fourth-order valence-electron chi connectivity index (χ4n) is 5.03. The number of rotatable bonds is 7. The molecule has 10 heteroatoms. The highest BCUT2D eigenvalue weighted by atomic mass is 32.1. The molecule has 0 atom stereocenters. The summed E-state index contributed by atoms with van der Waals surface area (Å²) in [4.78, 5) is 22.7. The number of morpholine rings is 1. The Morgan fingerprint density at radius 1 is 1.10 bits per heavy atom. The van der Waals surface area contributed by atoms with E-state index in [1.165, 1.54) is 15.8 Å². The molecule has 0 radical (unpaired) electrons. The topological polar surface area (TPSA) is 88.1 Å². The van der Waals surface area contributed by atoms with Crippen molar-refractivity contribution in [3.8, 4) is 11.3 Å². The fraction of sp³-hybridized carbons (Fsp3) is 0.387. The van der Waals surface area contributed by atoms with Gasteiger partial charge in [-0.1, -0.05) is 55.5 Å². The van der Waals surface area contributed by atoms with Gasteiger partial charge in [-0.25, -0.2) is 9.78 Å². The first-order valence-corrected chi connectivity index (χ1v) is 14.9. The maximum absolute atomic E-state index is 12.8. The second-order valence-electron chi connectivity index (χ2n) is 11.6. The van der Waals surface area contributed by atoms with Gasteiger partial charge in [0.15, 0.2) is 10.8 Å². The lowest BCUT2D eigenvalue weighted by molar-refractivity contribution is 0.0375. The normalized spacial score (nSPS) is 14.6. The molecule has 9 nitrogen and oxygen atoms in total. The van der Waals surface area contributed by atoms with E-state index < -0.39 is 0 Å². The predicted molar refractivity (Wildman–Crippen MR) is 164 cm³/mol. The Morgan fingerprint density at radius 2 is 1.88 bits per heavy atom. The van der Waals surface area contributed by atoms with Crippen LogP contribution in [0.2, 0.25) is 0 Å². The summed E-state index contributed by atoms with van der Waals surface area (Å²) in [7, 11) is 1.73. The lowest BCUT2D eigenvalue weighted by atomic mass is 9.93. The first-order valence-electron chi connectivity index (χ1n) is 14.1. The van der Waals surface area contributed by atoms with Crippen LogP contribution < -0.4 is 10.2 Å².